The van der Waals surface area contributed by atoms with Crippen LogP contribution in [0.1, 0.15) is 57.6 Å². The van der Waals surface area contributed by atoms with E-state index in [1.54, 1.807) is 0 Å². The molecule has 1 aromatic rings. The third-order valence-corrected chi connectivity index (χ3v) is 4.83. The molecule has 1 saturated heterocycles. The van der Waals surface area contributed by atoms with Crippen LogP contribution < -0.4 is 5.32 Å². The van der Waals surface area contributed by atoms with Gasteiger partial charge in [0, 0.05) is 19.1 Å². The number of nitrogens with one attached hydrogen (secondary N) is 1. The van der Waals surface area contributed by atoms with Crippen LogP contribution >= 0.6 is 0 Å². The first-order valence-electron chi connectivity index (χ1n) is 8.64. The molecule has 1 aliphatic rings. The fourth-order valence-electron chi connectivity index (χ4n) is 3.40. The number of hydrogen-bond donors (Lipinski definition) is 1. The van der Waals surface area contributed by atoms with Gasteiger partial charge in [-0.15, -0.1) is 0 Å². The first-order valence-corrected chi connectivity index (χ1v) is 8.64. The zero-order chi connectivity index (χ0) is 15.2. The molecule has 118 valence electrons. The van der Waals surface area contributed by atoms with Crippen LogP contribution in [0, 0.1) is 5.92 Å². The Morgan fingerprint density at radius 2 is 1.90 bits per heavy atom. The molecule has 2 rings (SSSR count). The predicted octanol–water partition coefficient (Wildman–Crippen LogP) is 4.02. The first-order chi connectivity index (χ1) is 10.1. The molecule has 21 heavy (non-hydrogen) atoms. The SMILES string of the molecule is CCNC(C)C1CCCN(Cc2ccc(C(C)C)cc2)C1. The van der Waals surface area contributed by atoms with Crippen molar-refractivity contribution < 1.29 is 0 Å². The van der Waals surface area contributed by atoms with Gasteiger partial charge in [0.2, 0.25) is 0 Å². The lowest BCUT2D eigenvalue weighted by molar-refractivity contribution is 0.145. The van der Waals surface area contributed by atoms with E-state index in [4.69, 9.17) is 0 Å². The van der Waals surface area contributed by atoms with E-state index in [-0.39, 0.29) is 0 Å². The average molecular weight is 288 g/mol. The largest absolute Gasteiger partial charge is 0.314 e. The number of hydrogen-bond acceptors (Lipinski definition) is 2. The van der Waals surface area contributed by atoms with Gasteiger partial charge >= 0.3 is 0 Å². The minimum absolute atomic E-state index is 0.624. The molecule has 1 aliphatic heterocycles. The lowest BCUT2D eigenvalue weighted by Crippen LogP contribution is -2.44. The van der Waals surface area contributed by atoms with E-state index in [0.717, 1.165) is 19.0 Å². The standard InChI is InChI=1S/C19H32N2/c1-5-20-16(4)19-7-6-12-21(14-19)13-17-8-10-18(11-9-17)15(2)3/h8-11,15-16,19-20H,5-7,12-14H2,1-4H3. The summed E-state index contributed by atoms with van der Waals surface area (Å²) in [6.07, 6.45) is 2.71. The van der Waals surface area contributed by atoms with Crippen molar-refractivity contribution in [3.8, 4) is 0 Å². The Morgan fingerprint density at radius 3 is 2.52 bits per heavy atom. The molecule has 0 saturated carbocycles. The molecule has 0 amide bonds. The summed E-state index contributed by atoms with van der Waals surface area (Å²) in [7, 11) is 0. The highest BCUT2D eigenvalue weighted by molar-refractivity contribution is 5.24. The van der Waals surface area contributed by atoms with Crippen molar-refractivity contribution in [2.45, 2.75) is 59.0 Å². The molecule has 0 aliphatic carbocycles. The summed E-state index contributed by atoms with van der Waals surface area (Å²) in [6, 6.07) is 9.85. The highest BCUT2D eigenvalue weighted by Gasteiger charge is 2.24. The number of rotatable bonds is 6. The fourth-order valence-corrected chi connectivity index (χ4v) is 3.40. The first kappa shape index (κ1) is 16.5. The highest BCUT2D eigenvalue weighted by Crippen LogP contribution is 2.22. The molecular weight excluding hydrogens is 256 g/mol. The summed E-state index contributed by atoms with van der Waals surface area (Å²) >= 11 is 0. The van der Waals surface area contributed by atoms with E-state index in [1.165, 1.54) is 37.1 Å². The molecule has 2 atom stereocenters. The van der Waals surface area contributed by atoms with Crippen LogP contribution in [-0.2, 0) is 6.54 Å². The highest BCUT2D eigenvalue weighted by atomic mass is 15.1. The predicted molar refractivity (Wildman–Crippen MR) is 91.7 cm³/mol. The van der Waals surface area contributed by atoms with Crippen LogP contribution in [0.25, 0.3) is 0 Å². The van der Waals surface area contributed by atoms with Gasteiger partial charge in [0.05, 0.1) is 0 Å². The van der Waals surface area contributed by atoms with Crippen LogP contribution in [0.4, 0.5) is 0 Å². The zero-order valence-electron chi connectivity index (χ0n) is 14.2. The second-order valence-electron chi connectivity index (χ2n) is 6.88. The number of likely N-dealkylation sites (tertiary alicyclic amines) is 1. The topological polar surface area (TPSA) is 15.3 Å². The van der Waals surface area contributed by atoms with Crippen LogP contribution in [0.3, 0.4) is 0 Å². The molecule has 0 aromatic heterocycles. The number of piperidine rings is 1. The fraction of sp³-hybridized carbons (Fsp3) is 0.684. The number of benzene rings is 1. The van der Waals surface area contributed by atoms with E-state index in [2.05, 4.69) is 62.2 Å². The Balaban J connectivity index is 1.90. The molecule has 0 radical (unpaired) electrons. The van der Waals surface area contributed by atoms with Crippen LogP contribution in [0.2, 0.25) is 0 Å². The quantitative estimate of drug-likeness (QED) is 0.850. The zero-order valence-corrected chi connectivity index (χ0v) is 14.2. The molecular formula is C19H32N2. The molecule has 2 heteroatoms. The maximum atomic E-state index is 3.59. The van der Waals surface area contributed by atoms with Gasteiger partial charge in [0.1, 0.15) is 0 Å². The molecule has 2 unspecified atom stereocenters. The van der Waals surface area contributed by atoms with Crippen LogP contribution in [0.5, 0.6) is 0 Å². The van der Waals surface area contributed by atoms with Crippen molar-refractivity contribution in [1.29, 1.82) is 0 Å². The maximum absolute atomic E-state index is 3.59. The molecule has 1 aromatic carbocycles. The molecule has 0 bridgehead atoms. The summed E-state index contributed by atoms with van der Waals surface area (Å²) < 4.78 is 0. The van der Waals surface area contributed by atoms with Crippen molar-refractivity contribution in [1.82, 2.24) is 10.2 Å². The van der Waals surface area contributed by atoms with E-state index >= 15 is 0 Å². The van der Waals surface area contributed by atoms with Crippen molar-refractivity contribution in [2.24, 2.45) is 5.92 Å². The van der Waals surface area contributed by atoms with Crippen molar-refractivity contribution in [2.75, 3.05) is 19.6 Å². The average Bonchev–Trinajstić information content (AvgIpc) is 2.48. The summed E-state index contributed by atoms with van der Waals surface area (Å²) in [5.74, 6) is 1.42. The van der Waals surface area contributed by atoms with Gasteiger partial charge in [-0.2, -0.15) is 0 Å². The third-order valence-electron chi connectivity index (χ3n) is 4.83. The van der Waals surface area contributed by atoms with E-state index in [1.807, 2.05) is 0 Å². The van der Waals surface area contributed by atoms with Gasteiger partial charge in [0.25, 0.3) is 0 Å². The van der Waals surface area contributed by atoms with Gasteiger partial charge in [-0.3, -0.25) is 4.90 Å². The second-order valence-corrected chi connectivity index (χ2v) is 6.88. The molecule has 1 heterocycles. The van der Waals surface area contributed by atoms with Gasteiger partial charge in [-0.1, -0.05) is 45.0 Å². The number of nitrogens with zero attached hydrogens (tertiary/aromatic N) is 1. The minimum atomic E-state index is 0.624. The van der Waals surface area contributed by atoms with Crippen molar-refractivity contribution in [3.05, 3.63) is 35.4 Å². The maximum Gasteiger partial charge on any atom is 0.0233 e. The molecule has 2 nitrogen and oxygen atoms in total. The Morgan fingerprint density at radius 1 is 1.19 bits per heavy atom. The van der Waals surface area contributed by atoms with Crippen LogP contribution in [0.15, 0.2) is 24.3 Å². The van der Waals surface area contributed by atoms with E-state index in [9.17, 15) is 0 Å². The van der Waals surface area contributed by atoms with E-state index < -0.39 is 0 Å². The lowest BCUT2D eigenvalue weighted by Gasteiger charge is -2.36. The monoisotopic (exact) mass is 288 g/mol. The smallest absolute Gasteiger partial charge is 0.0233 e. The normalized spacial score (nSPS) is 21.7. The van der Waals surface area contributed by atoms with Crippen molar-refractivity contribution in [3.63, 3.8) is 0 Å². The Kier molecular flexibility index (Phi) is 6.25. The van der Waals surface area contributed by atoms with E-state index in [0.29, 0.717) is 12.0 Å². The summed E-state index contributed by atoms with van der Waals surface area (Å²) in [6.45, 7) is 13.7. The van der Waals surface area contributed by atoms with Gasteiger partial charge in [-0.25, -0.2) is 0 Å². The van der Waals surface area contributed by atoms with Gasteiger partial charge < -0.3 is 5.32 Å². The lowest BCUT2D eigenvalue weighted by atomic mass is 9.91. The van der Waals surface area contributed by atoms with Gasteiger partial charge in [-0.05, 0) is 55.8 Å². The molecule has 0 spiro atoms. The Bertz CT molecular complexity index is 410. The minimum Gasteiger partial charge on any atom is -0.314 e. The second kappa shape index (κ2) is 7.95. The van der Waals surface area contributed by atoms with Gasteiger partial charge in [0.15, 0.2) is 0 Å². The summed E-state index contributed by atoms with van der Waals surface area (Å²) in [5, 5.41) is 3.59. The van der Waals surface area contributed by atoms with Crippen molar-refractivity contribution >= 4 is 0 Å². The summed E-state index contributed by atoms with van der Waals surface area (Å²) in [4.78, 5) is 2.63. The van der Waals surface area contributed by atoms with Crippen LogP contribution in [-0.4, -0.2) is 30.6 Å². The molecule has 1 N–H and O–H groups in total. The third kappa shape index (κ3) is 4.82. The Labute approximate surface area is 130 Å². The molecule has 1 fully saturated rings. The summed E-state index contributed by atoms with van der Waals surface area (Å²) in [5.41, 5.74) is 2.90. The Hall–Kier alpha value is -0.860.